The van der Waals surface area contributed by atoms with Gasteiger partial charge in [-0.2, -0.15) is 0 Å². The molecule has 1 aromatic heterocycles. The summed E-state index contributed by atoms with van der Waals surface area (Å²) in [6.07, 6.45) is 1.84. The van der Waals surface area contributed by atoms with Gasteiger partial charge in [-0.25, -0.2) is 4.79 Å². The number of piperidine rings is 1. The van der Waals surface area contributed by atoms with Crippen molar-refractivity contribution < 1.29 is 14.2 Å². The molecule has 2 aliphatic rings. The largest absolute Gasteiger partial charge is 0.497 e. The SMILES string of the molecule is COc1ccc2c(c1)[nH]c(=O)n2C1CCN(CC2(c3ccccc3C)COCCO2)CC1. The number of hydrogen-bond donors (Lipinski definition) is 1. The maximum atomic E-state index is 12.7. The molecule has 3 heterocycles. The molecule has 0 amide bonds. The number of ether oxygens (including phenoxy) is 3. The molecule has 0 saturated carbocycles. The highest BCUT2D eigenvalue weighted by molar-refractivity contribution is 5.77. The van der Waals surface area contributed by atoms with E-state index in [0.717, 1.165) is 49.3 Å². The summed E-state index contributed by atoms with van der Waals surface area (Å²) in [5.74, 6) is 0.747. The molecule has 3 aromatic rings. The van der Waals surface area contributed by atoms with E-state index in [1.165, 1.54) is 11.1 Å². The fourth-order valence-corrected chi connectivity index (χ4v) is 5.29. The lowest BCUT2D eigenvalue weighted by Crippen LogP contribution is -2.51. The van der Waals surface area contributed by atoms with Crippen LogP contribution in [-0.2, 0) is 15.1 Å². The Bertz CT molecular complexity index is 1140. The number of imidazole rings is 1. The van der Waals surface area contributed by atoms with Crippen LogP contribution in [0.1, 0.15) is 30.0 Å². The van der Waals surface area contributed by atoms with Gasteiger partial charge in [0.25, 0.3) is 0 Å². The smallest absolute Gasteiger partial charge is 0.326 e. The summed E-state index contributed by atoms with van der Waals surface area (Å²) in [4.78, 5) is 18.2. The number of nitrogens with one attached hydrogen (secondary N) is 1. The Labute approximate surface area is 187 Å². The van der Waals surface area contributed by atoms with Gasteiger partial charge in [0.05, 0.1) is 38.0 Å². The summed E-state index contributed by atoms with van der Waals surface area (Å²) >= 11 is 0. The number of hydrogen-bond acceptors (Lipinski definition) is 5. The van der Waals surface area contributed by atoms with Gasteiger partial charge in [0.1, 0.15) is 11.4 Å². The molecule has 0 spiro atoms. The Kier molecular flexibility index (Phi) is 5.80. The van der Waals surface area contributed by atoms with Gasteiger partial charge in [-0.1, -0.05) is 24.3 Å². The molecule has 2 saturated heterocycles. The number of aromatic amines is 1. The second-order valence-electron chi connectivity index (χ2n) is 8.90. The van der Waals surface area contributed by atoms with Crippen molar-refractivity contribution in [2.75, 3.05) is 46.6 Å². The Morgan fingerprint density at radius 2 is 1.97 bits per heavy atom. The molecule has 7 nitrogen and oxygen atoms in total. The lowest BCUT2D eigenvalue weighted by Gasteiger charge is -2.43. The highest BCUT2D eigenvalue weighted by Crippen LogP contribution is 2.34. The molecule has 7 heteroatoms. The molecule has 5 rings (SSSR count). The van der Waals surface area contributed by atoms with Gasteiger partial charge in [-0.05, 0) is 43.0 Å². The number of likely N-dealkylation sites (tertiary alicyclic amines) is 1. The number of rotatable bonds is 5. The average molecular weight is 438 g/mol. The first-order valence-corrected chi connectivity index (χ1v) is 11.4. The molecule has 32 heavy (non-hydrogen) atoms. The molecule has 2 aromatic carbocycles. The van der Waals surface area contributed by atoms with Crippen molar-refractivity contribution in [1.29, 1.82) is 0 Å². The van der Waals surface area contributed by atoms with E-state index >= 15 is 0 Å². The molecule has 1 N–H and O–H groups in total. The maximum absolute atomic E-state index is 12.7. The van der Waals surface area contributed by atoms with Crippen molar-refractivity contribution in [1.82, 2.24) is 14.5 Å². The summed E-state index contributed by atoms with van der Waals surface area (Å²) in [5.41, 5.74) is 3.71. The zero-order valence-electron chi connectivity index (χ0n) is 18.8. The van der Waals surface area contributed by atoms with Crippen LogP contribution in [0.4, 0.5) is 0 Å². The summed E-state index contributed by atoms with van der Waals surface area (Å²) in [7, 11) is 1.64. The number of aryl methyl sites for hydroxylation is 1. The van der Waals surface area contributed by atoms with Crippen LogP contribution in [0.3, 0.4) is 0 Å². The van der Waals surface area contributed by atoms with Crippen LogP contribution >= 0.6 is 0 Å². The van der Waals surface area contributed by atoms with Gasteiger partial charge in [-0.3, -0.25) is 9.47 Å². The minimum Gasteiger partial charge on any atom is -0.497 e. The maximum Gasteiger partial charge on any atom is 0.326 e. The van der Waals surface area contributed by atoms with Crippen LogP contribution in [-0.4, -0.2) is 61.0 Å². The van der Waals surface area contributed by atoms with E-state index in [4.69, 9.17) is 14.2 Å². The predicted molar refractivity (Wildman–Crippen MR) is 123 cm³/mol. The molecule has 0 aliphatic carbocycles. The fraction of sp³-hybridized carbons (Fsp3) is 0.480. The second kappa shape index (κ2) is 8.73. The van der Waals surface area contributed by atoms with E-state index in [0.29, 0.717) is 19.8 Å². The predicted octanol–water partition coefficient (Wildman–Crippen LogP) is 3.23. The lowest BCUT2D eigenvalue weighted by atomic mass is 9.88. The highest BCUT2D eigenvalue weighted by Gasteiger charge is 2.40. The van der Waals surface area contributed by atoms with Crippen molar-refractivity contribution in [3.05, 3.63) is 64.1 Å². The van der Waals surface area contributed by atoms with Crippen molar-refractivity contribution in [2.24, 2.45) is 0 Å². The first-order chi connectivity index (χ1) is 15.6. The zero-order chi connectivity index (χ0) is 22.1. The van der Waals surface area contributed by atoms with Gasteiger partial charge in [0, 0.05) is 31.7 Å². The van der Waals surface area contributed by atoms with Gasteiger partial charge < -0.3 is 19.2 Å². The van der Waals surface area contributed by atoms with E-state index in [-0.39, 0.29) is 11.7 Å². The van der Waals surface area contributed by atoms with Gasteiger partial charge in [0.15, 0.2) is 0 Å². The van der Waals surface area contributed by atoms with Crippen LogP contribution < -0.4 is 10.4 Å². The molecule has 1 atom stereocenters. The minimum atomic E-state index is -0.440. The molecule has 170 valence electrons. The Balaban J connectivity index is 1.33. The molecular formula is C25H31N3O4. The van der Waals surface area contributed by atoms with Crippen molar-refractivity contribution in [3.8, 4) is 5.75 Å². The monoisotopic (exact) mass is 437 g/mol. The molecular weight excluding hydrogens is 406 g/mol. The lowest BCUT2D eigenvalue weighted by molar-refractivity contribution is -0.174. The Morgan fingerprint density at radius 1 is 1.16 bits per heavy atom. The number of fused-ring (bicyclic) bond motifs is 1. The number of aromatic nitrogens is 2. The van der Waals surface area contributed by atoms with Crippen LogP contribution in [0.5, 0.6) is 5.75 Å². The summed E-state index contributed by atoms with van der Waals surface area (Å²) in [5, 5.41) is 0. The van der Waals surface area contributed by atoms with E-state index in [9.17, 15) is 4.79 Å². The molecule has 0 bridgehead atoms. The fourth-order valence-electron chi connectivity index (χ4n) is 5.29. The Hall–Kier alpha value is -2.61. The van der Waals surface area contributed by atoms with E-state index in [1.54, 1.807) is 7.11 Å². The number of benzene rings is 2. The third-order valence-corrected chi connectivity index (χ3v) is 6.90. The molecule has 1 unspecified atom stereocenters. The number of methoxy groups -OCH3 is 1. The summed E-state index contributed by atoms with van der Waals surface area (Å²) < 4.78 is 19.5. The third kappa shape index (κ3) is 3.85. The van der Waals surface area contributed by atoms with Crippen LogP contribution in [0.2, 0.25) is 0 Å². The van der Waals surface area contributed by atoms with Crippen molar-refractivity contribution in [3.63, 3.8) is 0 Å². The standard InChI is InChI=1S/C25H31N3O4/c1-18-5-3-4-6-21(18)25(17-31-13-14-32-25)16-27-11-9-19(10-12-27)28-23-8-7-20(30-2)15-22(23)26-24(28)29/h3-8,15,19H,9-14,16-17H2,1-2H3,(H,26,29). The molecule has 2 fully saturated rings. The van der Waals surface area contributed by atoms with Gasteiger partial charge in [-0.15, -0.1) is 0 Å². The number of nitrogens with zero attached hydrogens (tertiary/aromatic N) is 2. The zero-order valence-corrected chi connectivity index (χ0v) is 18.8. The van der Waals surface area contributed by atoms with Gasteiger partial charge >= 0.3 is 5.69 Å². The summed E-state index contributed by atoms with van der Waals surface area (Å²) in [6, 6.07) is 14.4. The highest BCUT2D eigenvalue weighted by atomic mass is 16.6. The van der Waals surface area contributed by atoms with E-state index in [1.807, 2.05) is 22.8 Å². The van der Waals surface area contributed by atoms with Crippen molar-refractivity contribution >= 4 is 11.0 Å². The first kappa shape index (κ1) is 21.2. The third-order valence-electron chi connectivity index (χ3n) is 6.90. The van der Waals surface area contributed by atoms with Crippen LogP contribution in [0.15, 0.2) is 47.3 Å². The first-order valence-electron chi connectivity index (χ1n) is 11.4. The van der Waals surface area contributed by atoms with E-state index in [2.05, 4.69) is 41.1 Å². The number of H-pyrrole nitrogens is 1. The van der Waals surface area contributed by atoms with E-state index < -0.39 is 5.60 Å². The quantitative estimate of drug-likeness (QED) is 0.664. The van der Waals surface area contributed by atoms with Crippen LogP contribution in [0.25, 0.3) is 11.0 Å². The van der Waals surface area contributed by atoms with Crippen LogP contribution in [0, 0.1) is 6.92 Å². The normalized spacial score (nSPS) is 22.9. The average Bonchev–Trinajstić information content (AvgIpc) is 3.15. The molecule has 2 aliphatic heterocycles. The Morgan fingerprint density at radius 3 is 2.69 bits per heavy atom. The summed E-state index contributed by atoms with van der Waals surface area (Å²) in [6.45, 7) is 6.59. The van der Waals surface area contributed by atoms with Crippen molar-refractivity contribution in [2.45, 2.75) is 31.4 Å². The topological polar surface area (TPSA) is 68.7 Å². The minimum absolute atomic E-state index is 0.0490. The van der Waals surface area contributed by atoms with Gasteiger partial charge in [0.2, 0.25) is 0 Å². The second-order valence-corrected chi connectivity index (χ2v) is 8.90. The molecule has 0 radical (unpaired) electrons.